The third-order valence-corrected chi connectivity index (χ3v) is 5.48. The van der Waals surface area contributed by atoms with E-state index < -0.39 is 11.6 Å². The molecule has 3 saturated heterocycles. The van der Waals surface area contributed by atoms with Gasteiger partial charge in [0.1, 0.15) is 6.10 Å². The second kappa shape index (κ2) is 6.60. The van der Waals surface area contributed by atoms with Gasteiger partial charge in [-0.15, -0.1) is 0 Å². The van der Waals surface area contributed by atoms with Crippen LogP contribution in [0.5, 0.6) is 0 Å². The molecule has 25 heavy (non-hydrogen) atoms. The fourth-order valence-corrected chi connectivity index (χ4v) is 4.00. The van der Waals surface area contributed by atoms with E-state index in [4.69, 9.17) is 4.74 Å². The molecule has 0 N–H and O–H groups in total. The Morgan fingerprint density at radius 3 is 1.92 bits per heavy atom. The van der Waals surface area contributed by atoms with Crippen molar-refractivity contribution >= 4 is 5.97 Å². The summed E-state index contributed by atoms with van der Waals surface area (Å²) in [6.07, 6.45) is 1.83. The number of nitrogens with zero attached hydrogens (tertiary/aromatic N) is 1. The molecule has 130 valence electrons. The lowest BCUT2D eigenvalue weighted by molar-refractivity contribution is -0.170. The second-order valence-corrected chi connectivity index (χ2v) is 6.97. The number of rotatable bonds is 4. The first-order valence-corrected chi connectivity index (χ1v) is 8.91. The Morgan fingerprint density at radius 2 is 1.48 bits per heavy atom. The number of benzene rings is 2. The van der Waals surface area contributed by atoms with Crippen LogP contribution >= 0.6 is 0 Å². The summed E-state index contributed by atoms with van der Waals surface area (Å²) >= 11 is 0. The number of piperidine rings is 3. The molecule has 0 unspecified atom stereocenters. The van der Waals surface area contributed by atoms with Crippen molar-refractivity contribution in [2.45, 2.75) is 24.6 Å². The predicted octanol–water partition coefficient (Wildman–Crippen LogP) is 3.54. The molecule has 0 radical (unpaired) electrons. The van der Waals surface area contributed by atoms with Crippen LogP contribution in [0.3, 0.4) is 0 Å². The zero-order valence-electron chi connectivity index (χ0n) is 14.1. The minimum absolute atomic E-state index is 0.211. The molecule has 0 spiro atoms. The molecule has 3 aliphatic heterocycles. The number of fused-ring (bicyclic) bond motifs is 3. The molecular formula is C21H22FNO2. The van der Waals surface area contributed by atoms with Crippen molar-refractivity contribution < 1.29 is 13.9 Å². The van der Waals surface area contributed by atoms with Gasteiger partial charge in [0.05, 0.1) is 0 Å². The fourth-order valence-electron chi connectivity index (χ4n) is 4.00. The van der Waals surface area contributed by atoms with E-state index in [1.807, 2.05) is 12.1 Å². The van der Waals surface area contributed by atoms with Gasteiger partial charge in [0.2, 0.25) is 0 Å². The number of hydrogen-bond donors (Lipinski definition) is 0. The number of carbonyl (C=O) groups is 1. The Labute approximate surface area is 147 Å². The van der Waals surface area contributed by atoms with Crippen molar-refractivity contribution in [2.75, 3.05) is 19.6 Å². The van der Waals surface area contributed by atoms with Crippen molar-refractivity contribution in [1.82, 2.24) is 4.90 Å². The van der Waals surface area contributed by atoms with Crippen LogP contribution in [0.15, 0.2) is 60.7 Å². The van der Waals surface area contributed by atoms with Crippen molar-refractivity contribution in [2.24, 2.45) is 5.92 Å². The van der Waals surface area contributed by atoms with Crippen LogP contribution in [0, 0.1) is 5.92 Å². The van der Waals surface area contributed by atoms with E-state index in [9.17, 15) is 4.79 Å². The average Bonchev–Trinajstić information content (AvgIpc) is 2.69. The number of esters is 1. The quantitative estimate of drug-likeness (QED) is 0.798. The molecule has 5 rings (SSSR count). The van der Waals surface area contributed by atoms with E-state index in [1.165, 1.54) is 0 Å². The van der Waals surface area contributed by atoms with Crippen LogP contribution in [0.25, 0.3) is 0 Å². The van der Waals surface area contributed by atoms with Gasteiger partial charge in [-0.25, -0.2) is 9.18 Å². The third-order valence-electron chi connectivity index (χ3n) is 5.48. The van der Waals surface area contributed by atoms with Crippen molar-refractivity contribution in [3.05, 3.63) is 71.8 Å². The third kappa shape index (κ3) is 2.95. The van der Waals surface area contributed by atoms with E-state index in [0.717, 1.165) is 32.5 Å². The van der Waals surface area contributed by atoms with E-state index in [2.05, 4.69) is 4.90 Å². The summed E-state index contributed by atoms with van der Waals surface area (Å²) < 4.78 is 21.9. The van der Waals surface area contributed by atoms with Gasteiger partial charge >= 0.3 is 5.97 Å². The maximum atomic E-state index is 16.2. The Kier molecular flexibility index (Phi) is 4.30. The fraction of sp³-hybridized carbons (Fsp3) is 0.381. The standard InChI is InChI=1S/C21H22FNO2/c22-21(17-7-3-1-4-8-17,18-9-5-2-6-10-18)20(24)25-19-15-23-13-11-16(19)12-14-23/h1-10,16,19H,11-15H2/t19-/m0/s1. The first-order valence-electron chi connectivity index (χ1n) is 8.91. The largest absolute Gasteiger partial charge is 0.458 e. The summed E-state index contributed by atoms with van der Waals surface area (Å²) in [5, 5.41) is 0. The van der Waals surface area contributed by atoms with Gasteiger partial charge in [0.25, 0.3) is 5.67 Å². The predicted molar refractivity (Wildman–Crippen MR) is 93.8 cm³/mol. The first kappa shape index (κ1) is 16.3. The molecule has 0 amide bonds. The highest BCUT2D eigenvalue weighted by Crippen LogP contribution is 2.37. The summed E-state index contributed by atoms with van der Waals surface area (Å²) in [7, 11) is 0. The minimum atomic E-state index is -2.28. The zero-order valence-corrected chi connectivity index (χ0v) is 14.1. The molecular weight excluding hydrogens is 317 g/mol. The zero-order chi connectivity index (χ0) is 17.3. The van der Waals surface area contributed by atoms with Gasteiger partial charge in [-0.3, -0.25) is 4.90 Å². The molecule has 2 aromatic rings. The molecule has 0 aliphatic carbocycles. The summed E-state index contributed by atoms with van der Waals surface area (Å²) in [6.45, 7) is 2.82. The van der Waals surface area contributed by atoms with E-state index in [0.29, 0.717) is 17.0 Å². The SMILES string of the molecule is O=C(O[C@H]1CN2CCC1CC2)C(F)(c1ccccc1)c1ccccc1. The lowest BCUT2D eigenvalue weighted by atomic mass is 9.85. The summed E-state index contributed by atoms with van der Waals surface area (Å²) in [4.78, 5) is 15.3. The second-order valence-electron chi connectivity index (χ2n) is 6.97. The smallest absolute Gasteiger partial charge is 0.353 e. The summed E-state index contributed by atoms with van der Waals surface area (Å²) in [5.74, 6) is -0.451. The molecule has 2 bridgehead atoms. The van der Waals surface area contributed by atoms with Crippen LogP contribution < -0.4 is 0 Å². The van der Waals surface area contributed by atoms with Gasteiger partial charge in [-0.2, -0.15) is 0 Å². The molecule has 2 aromatic carbocycles. The normalized spacial score (nSPS) is 25.6. The van der Waals surface area contributed by atoms with Gasteiger partial charge in [0.15, 0.2) is 0 Å². The minimum Gasteiger partial charge on any atom is -0.458 e. The molecule has 3 nitrogen and oxygen atoms in total. The Bertz CT molecular complexity index is 687. The molecule has 3 fully saturated rings. The van der Waals surface area contributed by atoms with Crippen LogP contribution in [-0.2, 0) is 15.2 Å². The highest BCUT2D eigenvalue weighted by molar-refractivity contribution is 5.85. The molecule has 3 aliphatic rings. The van der Waals surface area contributed by atoms with Crippen LogP contribution in [0.4, 0.5) is 4.39 Å². The average molecular weight is 339 g/mol. The lowest BCUT2D eigenvalue weighted by Crippen LogP contribution is -2.53. The van der Waals surface area contributed by atoms with Crippen molar-refractivity contribution in [1.29, 1.82) is 0 Å². The molecule has 0 aromatic heterocycles. The Hall–Kier alpha value is -2.20. The van der Waals surface area contributed by atoms with Crippen LogP contribution in [0.1, 0.15) is 24.0 Å². The van der Waals surface area contributed by atoms with Crippen LogP contribution in [-0.4, -0.2) is 36.6 Å². The molecule has 3 heterocycles. The number of ether oxygens (including phenoxy) is 1. The maximum absolute atomic E-state index is 16.2. The molecule has 4 heteroatoms. The monoisotopic (exact) mass is 339 g/mol. The highest BCUT2D eigenvalue weighted by Gasteiger charge is 2.47. The van der Waals surface area contributed by atoms with Crippen molar-refractivity contribution in [3.63, 3.8) is 0 Å². The summed E-state index contributed by atoms with van der Waals surface area (Å²) in [6, 6.07) is 17.2. The van der Waals surface area contributed by atoms with Crippen molar-refractivity contribution in [3.8, 4) is 0 Å². The number of hydrogen-bond acceptors (Lipinski definition) is 3. The van der Waals surface area contributed by atoms with E-state index >= 15 is 4.39 Å². The first-order chi connectivity index (χ1) is 12.2. The Morgan fingerprint density at radius 1 is 0.960 bits per heavy atom. The summed E-state index contributed by atoms with van der Waals surface area (Å²) in [5.41, 5.74) is -1.66. The molecule has 0 saturated carbocycles. The maximum Gasteiger partial charge on any atom is 0.353 e. The van der Waals surface area contributed by atoms with Gasteiger partial charge in [0, 0.05) is 17.7 Å². The van der Waals surface area contributed by atoms with Gasteiger partial charge < -0.3 is 4.74 Å². The number of carbonyl (C=O) groups excluding carboxylic acids is 1. The molecule has 1 atom stereocenters. The lowest BCUT2D eigenvalue weighted by Gasteiger charge is -2.44. The Balaban J connectivity index is 1.65. The number of halogens is 1. The van der Waals surface area contributed by atoms with Gasteiger partial charge in [-0.1, -0.05) is 60.7 Å². The van der Waals surface area contributed by atoms with Gasteiger partial charge in [-0.05, 0) is 31.8 Å². The van der Waals surface area contributed by atoms with Crippen LogP contribution in [0.2, 0.25) is 0 Å². The highest BCUT2D eigenvalue weighted by atomic mass is 19.1. The van der Waals surface area contributed by atoms with E-state index in [-0.39, 0.29) is 6.10 Å². The van der Waals surface area contributed by atoms with E-state index in [1.54, 1.807) is 48.5 Å². The number of alkyl halides is 1. The topological polar surface area (TPSA) is 29.5 Å².